The fourth-order valence-corrected chi connectivity index (χ4v) is 5.34. The molecule has 3 N–H and O–H groups in total. The van der Waals surface area contributed by atoms with Crippen molar-refractivity contribution >= 4 is 11.0 Å². The maximum atomic E-state index is 12.3. The highest BCUT2D eigenvalue weighted by Crippen LogP contribution is 2.45. The maximum Gasteiger partial charge on any atom is 0.327 e. The lowest BCUT2D eigenvalue weighted by atomic mass is 9.73. The number of nitrogens with zero attached hydrogens (tertiary/aromatic N) is 2. The Morgan fingerprint density at radius 3 is 2.97 bits per heavy atom. The second kappa shape index (κ2) is 6.88. The van der Waals surface area contributed by atoms with Gasteiger partial charge in [0.15, 0.2) is 0 Å². The van der Waals surface area contributed by atoms with Crippen LogP contribution in [0.25, 0.3) is 11.0 Å². The van der Waals surface area contributed by atoms with Crippen LogP contribution >= 0.6 is 0 Å². The van der Waals surface area contributed by atoms with Crippen molar-refractivity contribution in [2.75, 3.05) is 13.7 Å². The van der Waals surface area contributed by atoms with Crippen molar-refractivity contribution in [3.05, 3.63) is 55.9 Å². The largest absolute Gasteiger partial charge is 0.496 e. The zero-order valence-electron chi connectivity index (χ0n) is 16.6. The SMILES string of the molecule is COc1cccc2c1CC[C@H]1CNC(CCc3nn(C)c4[nH]c(=O)[nH]c(=O)c34)[C@@H]21. The molecular weight excluding hydrogens is 370 g/mol. The predicted molar refractivity (Wildman–Crippen MR) is 110 cm³/mol. The first-order valence-electron chi connectivity index (χ1n) is 10.1. The molecule has 1 unspecified atom stereocenters. The van der Waals surface area contributed by atoms with Crippen LogP contribution in [0.4, 0.5) is 0 Å². The second-order valence-electron chi connectivity index (χ2n) is 8.11. The average Bonchev–Trinajstić information content (AvgIpc) is 3.27. The number of benzene rings is 1. The third kappa shape index (κ3) is 2.90. The van der Waals surface area contributed by atoms with Crippen LogP contribution in [0.1, 0.15) is 35.6 Å². The Morgan fingerprint density at radius 2 is 2.14 bits per heavy atom. The molecule has 2 aromatic heterocycles. The smallest absolute Gasteiger partial charge is 0.327 e. The Kier molecular flexibility index (Phi) is 4.31. The van der Waals surface area contributed by atoms with Gasteiger partial charge in [-0.15, -0.1) is 0 Å². The number of aromatic amines is 2. The molecule has 3 aromatic rings. The Morgan fingerprint density at radius 1 is 1.28 bits per heavy atom. The summed E-state index contributed by atoms with van der Waals surface area (Å²) in [5.74, 6) is 2.06. The van der Waals surface area contributed by atoms with Crippen LogP contribution in [0.15, 0.2) is 27.8 Å². The molecule has 1 fully saturated rings. The van der Waals surface area contributed by atoms with Crippen LogP contribution in [0.3, 0.4) is 0 Å². The first-order valence-corrected chi connectivity index (χ1v) is 10.1. The first kappa shape index (κ1) is 18.2. The second-order valence-corrected chi connectivity index (χ2v) is 8.11. The summed E-state index contributed by atoms with van der Waals surface area (Å²) < 4.78 is 7.18. The van der Waals surface area contributed by atoms with Crippen LogP contribution in [-0.2, 0) is 19.9 Å². The van der Waals surface area contributed by atoms with E-state index in [-0.39, 0.29) is 5.56 Å². The minimum atomic E-state index is -0.509. The molecule has 1 aromatic carbocycles. The van der Waals surface area contributed by atoms with Crippen molar-refractivity contribution in [1.82, 2.24) is 25.1 Å². The van der Waals surface area contributed by atoms with Gasteiger partial charge in [-0.3, -0.25) is 19.4 Å². The predicted octanol–water partition coefficient (Wildman–Crippen LogP) is 1.21. The van der Waals surface area contributed by atoms with Gasteiger partial charge in [0.1, 0.15) is 16.8 Å². The summed E-state index contributed by atoms with van der Waals surface area (Å²) >= 11 is 0. The lowest BCUT2D eigenvalue weighted by Gasteiger charge is -2.32. The van der Waals surface area contributed by atoms with Gasteiger partial charge in [-0.05, 0) is 55.3 Å². The van der Waals surface area contributed by atoms with Gasteiger partial charge in [0.2, 0.25) is 0 Å². The Bertz CT molecular complexity index is 1190. The fourth-order valence-electron chi connectivity index (χ4n) is 5.34. The summed E-state index contributed by atoms with van der Waals surface area (Å²) in [6, 6.07) is 6.69. The van der Waals surface area contributed by atoms with Crippen molar-refractivity contribution < 1.29 is 4.74 Å². The zero-order chi connectivity index (χ0) is 20.1. The van der Waals surface area contributed by atoms with E-state index < -0.39 is 5.69 Å². The molecule has 0 bridgehead atoms. The number of aryl methyl sites for hydroxylation is 2. The number of methoxy groups -OCH3 is 1. The van der Waals surface area contributed by atoms with Crippen molar-refractivity contribution in [2.45, 2.75) is 37.6 Å². The quantitative estimate of drug-likeness (QED) is 0.616. The molecule has 1 saturated heterocycles. The van der Waals surface area contributed by atoms with Gasteiger partial charge in [-0.1, -0.05) is 12.1 Å². The molecule has 3 heterocycles. The monoisotopic (exact) mass is 395 g/mol. The normalized spacial score (nSPS) is 23.2. The van der Waals surface area contributed by atoms with Gasteiger partial charge < -0.3 is 10.1 Å². The van der Waals surface area contributed by atoms with Crippen molar-refractivity contribution in [3.8, 4) is 5.75 Å². The number of fused-ring (bicyclic) bond motifs is 4. The summed E-state index contributed by atoms with van der Waals surface area (Å²) in [4.78, 5) is 28.9. The van der Waals surface area contributed by atoms with Gasteiger partial charge in [-0.25, -0.2) is 4.79 Å². The van der Waals surface area contributed by atoms with Crippen LogP contribution in [0.2, 0.25) is 0 Å². The van der Waals surface area contributed by atoms with E-state index in [1.165, 1.54) is 11.1 Å². The summed E-state index contributed by atoms with van der Waals surface area (Å²) in [6.45, 7) is 1.02. The molecule has 8 nitrogen and oxygen atoms in total. The van der Waals surface area contributed by atoms with Gasteiger partial charge in [0.05, 0.1) is 12.8 Å². The topological polar surface area (TPSA) is 105 Å². The molecule has 1 aliphatic heterocycles. The molecular formula is C21H25N5O3. The first-order chi connectivity index (χ1) is 14.1. The van der Waals surface area contributed by atoms with Crippen molar-refractivity contribution in [2.24, 2.45) is 13.0 Å². The van der Waals surface area contributed by atoms with Crippen molar-refractivity contribution in [1.29, 1.82) is 0 Å². The molecule has 29 heavy (non-hydrogen) atoms. The van der Waals surface area contributed by atoms with Gasteiger partial charge in [0, 0.05) is 19.0 Å². The van der Waals surface area contributed by atoms with Gasteiger partial charge >= 0.3 is 5.69 Å². The highest BCUT2D eigenvalue weighted by atomic mass is 16.5. The lowest BCUT2D eigenvalue weighted by Crippen LogP contribution is -2.29. The van der Waals surface area contributed by atoms with E-state index in [0.29, 0.717) is 35.3 Å². The number of H-pyrrole nitrogens is 2. The molecule has 2 aliphatic rings. The number of aromatic nitrogens is 4. The number of hydrogen-bond acceptors (Lipinski definition) is 5. The zero-order valence-corrected chi connectivity index (χ0v) is 16.6. The third-order valence-electron chi connectivity index (χ3n) is 6.59. The molecule has 3 atom stereocenters. The van der Waals surface area contributed by atoms with Crippen LogP contribution in [0.5, 0.6) is 5.75 Å². The van der Waals surface area contributed by atoms with Crippen LogP contribution in [0, 0.1) is 5.92 Å². The van der Waals surface area contributed by atoms with E-state index in [1.807, 2.05) is 6.07 Å². The average molecular weight is 395 g/mol. The molecule has 0 saturated carbocycles. The van der Waals surface area contributed by atoms with E-state index in [0.717, 1.165) is 37.3 Å². The molecule has 0 radical (unpaired) electrons. The number of hydrogen-bond donors (Lipinski definition) is 3. The number of nitrogens with one attached hydrogen (secondary N) is 3. The molecule has 5 rings (SSSR count). The molecule has 0 amide bonds. The van der Waals surface area contributed by atoms with E-state index in [9.17, 15) is 9.59 Å². The summed E-state index contributed by atoms with van der Waals surface area (Å²) in [6.07, 6.45) is 3.77. The van der Waals surface area contributed by atoms with Crippen LogP contribution in [-0.4, -0.2) is 39.4 Å². The molecule has 152 valence electrons. The minimum absolute atomic E-state index is 0.324. The Labute approximate surface area is 167 Å². The summed E-state index contributed by atoms with van der Waals surface area (Å²) in [7, 11) is 3.48. The third-order valence-corrected chi connectivity index (χ3v) is 6.59. The molecule has 8 heteroatoms. The van der Waals surface area contributed by atoms with E-state index >= 15 is 0 Å². The molecule has 0 spiro atoms. The Balaban J connectivity index is 1.44. The summed E-state index contributed by atoms with van der Waals surface area (Å²) in [5.41, 5.74) is 3.04. The molecule has 1 aliphatic carbocycles. The maximum absolute atomic E-state index is 12.3. The standard InChI is InChI=1S/C21H25N5O3/c1-26-19-18(20(27)24-21(28)23-19)15(25-26)9-8-14-17-11(10-22-14)6-7-12-13(17)4-3-5-16(12)29-2/h3-5,11,14,17,22H,6-10H2,1-2H3,(H2,23,24,27,28)/t11-,14?,17+/m0/s1. The van der Waals surface area contributed by atoms with Gasteiger partial charge in [0.25, 0.3) is 5.56 Å². The minimum Gasteiger partial charge on any atom is -0.496 e. The highest BCUT2D eigenvalue weighted by molar-refractivity contribution is 5.76. The number of rotatable bonds is 4. The summed E-state index contributed by atoms with van der Waals surface area (Å²) in [5, 5.41) is 8.69. The Hall–Kier alpha value is -2.87. The van der Waals surface area contributed by atoms with E-state index in [2.05, 4.69) is 32.5 Å². The fraction of sp³-hybridized carbons (Fsp3) is 0.476. The van der Waals surface area contributed by atoms with Crippen molar-refractivity contribution in [3.63, 3.8) is 0 Å². The number of ether oxygens (including phenoxy) is 1. The van der Waals surface area contributed by atoms with E-state index in [4.69, 9.17) is 4.74 Å². The highest BCUT2D eigenvalue weighted by Gasteiger charge is 2.40. The lowest BCUT2D eigenvalue weighted by molar-refractivity contribution is 0.377. The van der Waals surface area contributed by atoms with E-state index in [1.54, 1.807) is 18.8 Å². The van der Waals surface area contributed by atoms with Gasteiger partial charge in [-0.2, -0.15) is 5.10 Å². The van der Waals surface area contributed by atoms with Crippen LogP contribution < -0.4 is 21.3 Å².